The quantitative estimate of drug-likeness (QED) is 0.518. The normalized spacial score (nSPS) is 11.6. The average molecular weight is 296 g/mol. The van der Waals surface area contributed by atoms with Gasteiger partial charge in [0.15, 0.2) is 5.13 Å². The third kappa shape index (κ3) is 2.96. The average Bonchev–Trinajstić information content (AvgIpc) is 2.95. The molecule has 0 spiro atoms. The highest BCUT2D eigenvalue weighted by Crippen LogP contribution is 2.21. The highest BCUT2D eigenvalue weighted by Gasteiger charge is 2.15. The van der Waals surface area contributed by atoms with E-state index in [4.69, 9.17) is 5.21 Å². The predicted molar refractivity (Wildman–Crippen MR) is 75.7 cm³/mol. The van der Waals surface area contributed by atoms with Crippen LogP contribution < -0.4 is 5.32 Å². The predicted octanol–water partition coefficient (Wildman–Crippen LogP) is 2.67. The molecule has 0 saturated heterocycles. The molecule has 2 aromatic heterocycles. The Bertz CT molecular complexity index is 645. The van der Waals surface area contributed by atoms with Crippen molar-refractivity contribution in [2.45, 2.75) is 20.8 Å². The van der Waals surface area contributed by atoms with Gasteiger partial charge in [-0.1, -0.05) is 5.16 Å². The third-order valence-corrected chi connectivity index (χ3v) is 4.18. The molecule has 0 bridgehead atoms. The number of aryl methyl sites for hydroxylation is 2. The number of rotatable bonds is 3. The van der Waals surface area contributed by atoms with Gasteiger partial charge in [-0.05, 0) is 20.8 Å². The van der Waals surface area contributed by atoms with E-state index in [0.29, 0.717) is 27.1 Å². The van der Waals surface area contributed by atoms with Crippen molar-refractivity contribution in [2.24, 2.45) is 5.16 Å². The Balaban J connectivity index is 2.15. The van der Waals surface area contributed by atoms with Crippen LogP contribution >= 0.6 is 22.7 Å². The lowest BCUT2D eigenvalue weighted by Crippen LogP contribution is -2.11. The minimum atomic E-state index is -0.220. The van der Waals surface area contributed by atoms with Crippen LogP contribution in [0.2, 0.25) is 0 Å². The monoisotopic (exact) mass is 296 g/mol. The molecule has 2 aromatic rings. The Morgan fingerprint density at radius 2 is 2.16 bits per heavy atom. The van der Waals surface area contributed by atoms with Crippen molar-refractivity contribution >= 4 is 39.4 Å². The summed E-state index contributed by atoms with van der Waals surface area (Å²) >= 11 is 2.63. The standard InChI is InChI=1S/C11H12N4O2S2/c1-5(15-17)8-4-18-11(13-8)14-10(16)9-6(2)12-7(3)19-9/h4,17H,1-3H3,(H,13,14,16). The van der Waals surface area contributed by atoms with E-state index in [0.717, 1.165) is 5.01 Å². The summed E-state index contributed by atoms with van der Waals surface area (Å²) in [6.07, 6.45) is 0. The van der Waals surface area contributed by atoms with Crippen molar-refractivity contribution in [1.82, 2.24) is 9.97 Å². The van der Waals surface area contributed by atoms with E-state index in [9.17, 15) is 4.79 Å². The maximum Gasteiger partial charge on any atom is 0.269 e. The number of carbonyl (C=O) groups is 1. The van der Waals surface area contributed by atoms with Crippen LogP contribution in [0.25, 0.3) is 0 Å². The van der Waals surface area contributed by atoms with Gasteiger partial charge in [0.05, 0.1) is 10.7 Å². The summed E-state index contributed by atoms with van der Waals surface area (Å²) in [4.78, 5) is 21.0. The van der Waals surface area contributed by atoms with E-state index >= 15 is 0 Å². The number of nitrogens with one attached hydrogen (secondary N) is 1. The first-order valence-corrected chi connectivity index (χ1v) is 7.11. The Morgan fingerprint density at radius 1 is 1.42 bits per heavy atom. The molecule has 0 radical (unpaired) electrons. The lowest BCUT2D eigenvalue weighted by molar-refractivity contribution is 0.103. The zero-order valence-corrected chi connectivity index (χ0v) is 12.2. The van der Waals surface area contributed by atoms with Gasteiger partial charge in [0.1, 0.15) is 16.3 Å². The molecule has 0 atom stereocenters. The maximum atomic E-state index is 12.0. The van der Waals surface area contributed by atoms with Crippen LogP contribution in [0.15, 0.2) is 10.5 Å². The third-order valence-electron chi connectivity index (χ3n) is 2.36. The van der Waals surface area contributed by atoms with E-state index in [1.54, 1.807) is 19.2 Å². The van der Waals surface area contributed by atoms with Gasteiger partial charge in [-0.2, -0.15) is 0 Å². The lowest BCUT2D eigenvalue weighted by Gasteiger charge is -1.99. The number of thiazole rings is 2. The molecule has 100 valence electrons. The zero-order chi connectivity index (χ0) is 14.0. The van der Waals surface area contributed by atoms with E-state index < -0.39 is 0 Å². The van der Waals surface area contributed by atoms with Crippen molar-refractivity contribution < 1.29 is 10.0 Å². The maximum absolute atomic E-state index is 12.0. The topological polar surface area (TPSA) is 87.5 Å². The molecule has 1 amide bonds. The molecule has 0 aliphatic rings. The van der Waals surface area contributed by atoms with E-state index in [2.05, 4.69) is 20.4 Å². The minimum absolute atomic E-state index is 0.220. The molecule has 0 fully saturated rings. The van der Waals surface area contributed by atoms with E-state index in [-0.39, 0.29) is 5.91 Å². The van der Waals surface area contributed by atoms with Crippen LogP contribution in [0.3, 0.4) is 0 Å². The highest BCUT2D eigenvalue weighted by molar-refractivity contribution is 7.15. The summed E-state index contributed by atoms with van der Waals surface area (Å²) in [5.74, 6) is -0.220. The number of hydrogen-bond acceptors (Lipinski definition) is 7. The van der Waals surface area contributed by atoms with Gasteiger partial charge in [0, 0.05) is 5.38 Å². The first-order chi connectivity index (χ1) is 9.01. The number of amides is 1. The number of aromatic nitrogens is 2. The molecule has 19 heavy (non-hydrogen) atoms. The molecule has 6 nitrogen and oxygen atoms in total. The molecule has 8 heteroatoms. The summed E-state index contributed by atoms with van der Waals surface area (Å²) < 4.78 is 0. The molecular formula is C11H12N4O2S2. The Hall–Kier alpha value is -1.80. The van der Waals surface area contributed by atoms with Crippen LogP contribution in [0, 0.1) is 13.8 Å². The molecule has 0 unspecified atom stereocenters. The molecule has 0 aliphatic carbocycles. The van der Waals surface area contributed by atoms with Crippen molar-refractivity contribution in [2.75, 3.05) is 5.32 Å². The largest absolute Gasteiger partial charge is 0.411 e. The first-order valence-electron chi connectivity index (χ1n) is 5.41. The second-order valence-electron chi connectivity index (χ2n) is 3.82. The summed E-state index contributed by atoms with van der Waals surface area (Å²) in [6.45, 7) is 5.29. The van der Waals surface area contributed by atoms with Crippen molar-refractivity contribution in [3.63, 3.8) is 0 Å². The number of hydrogen-bond donors (Lipinski definition) is 2. The summed E-state index contributed by atoms with van der Waals surface area (Å²) in [7, 11) is 0. The first kappa shape index (κ1) is 13.6. The summed E-state index contributed by atoms with van der Waals surface area (Å²) in [5, 5.41) is 17.5. The van der Waals surface area contributed by atoms with Gasteiger partial charge in [-0.3, -0.25) is 10.1 Å². The van der Waals surface area contributed by atoms with Gasteiger partial charge in [0.2, 0.25) is 0 Å². The minimum Gasteiger partial charge on any atom is -0.411 e. The Kier molecular flexibility index (Phi) is 3.91. The molecular weight excluding hydrogens is 284 g/mol. The van der Waals surface area contributed by atoms with Gasteiger partial charge in [0.25, 0.3) is 5.91 Å². The molecule has 0 saturated carbocycles. The molecule has 2 rings (SSSR count). The van der Waals surface area contributed by atoms with Crippen molar-refractivity contribution in [1.29, 1.82) is 0 Å². The van der Waals surface area contributed by atoms with Crippen LogP contribution in [0.1, 0.15) is 33.0 Å². The molecule has 0 aliphatic heterocycles. The zero-order valence-electron chi connectivity index (χ0n) is 10.6. The van der Waals surface area contributed by atoms with E-state index in [1.807, 2.05) is 6.92 Å². The van der Waals surface area contributed by atoms with Gasteiger partial charge in [-0.25, -0.2) is 9.97 Å². The lowest BCUT2D eigenvalue weighted by atomic mass is 10.3. The Morgan fingerprint density at radius 3 is 2.74 bits per heavy atom. The number of carbonyl (C=O) groups excluding carboxylic acids is 1. The fourth-order valence-electron chi connectivity index (χ4n) is 1.44. The second kappa shape index (κ2) is 5.45. The van der Waals surface area contributed by atoms with Gasteiger partial charge < -0.3 is 5.21 Å². The smallest absolute Gasteiger partial charge is 0.269 e. The number of anilines is 1. The van der Waals surface area contributed by atoms with Gasteiger partial charge >= 0.3 is 0 Å². The fourth-order valence-corrected chi connectivity index (χ4v) is 3.01. The fraction of sp³-hybridized carbons (Fsp3) is 0.273. The second-order valence-corrected chi connectivity index (χ2v) is 5.89. The highest BCUT2D eigenvalue weighted by atomic mass is 32.1. The van der Waals surface area contributed by atoms with Crippen molar-refractivity contribution in [3.05, 3.63) is 26.7 Å². The Labute approximate surface area is 117 Å². The number of nitrogens with zero attached hydrogens (tertiary/aromatic N) is 3. The number of oxime groups is 1. The molecule has 0 aromatic carbocycles. The summed E-state index contributed by atoms with van der Waals surface area (Å²) in [5.41, 5.74) is 1.66. The SMILES string of the molecule is CC(=NO)c1csc(NC(=O)c2sc(C)nc2C)n1. The van der Waals surface area contributed by atoms with Crippen LogP contribution in [-0.2, 0) is 0 Å². The van der Waals surface area contributed by atoms with Crippen molar-refractivity contribution in [3.8, 4) is 0 Å². The molecule has 2 N–H and O–H groups in total. The molecule has 2 heterocycles. The summed E-state index contributed by atoms with van der Waals surface area (Å²) in [6, 6.07) is 0. The van der Waals surface area contributed by atoms with Crippen LogP contribution in [-0.4, -0.2) is 26.8 Å². The van der Waals surface area contributed by atoms with Crippen LogP contribution in [0.5, 0.6) is 0 Å². The van der Waals surface area contributed by atoms with Gasteiger partial charge in [-0.15, -0.1) is 22.7 Å². The van der Waals surface area contributed by atoms with E-state index in [1.165, 1.54) is 22.7 Å². The van der Waals surface area contributed by atoms with Crippen LogP contribution in [0.4, 0.5) is 5.13 Å².